The molecule has 2 saturated carbocycles. The lowest BCUT2D eigenvalue weighted by Crippen LogP contribution is -2.18. The maximum Gasteiger partial charge on any atom is 0.0914 e. The van der Waals surface area contributed by atoms with Crippen LogP contribution >= 0.6 is 47.8 Å². The van der Waals surface area contributed by atoms with Gasteiger partial charge in [0.1, 0.15) is 0 Å². The first kappa shape index (κ1) is 10.8. The molecule has 3 unspecified atom stereocenters. The lowest BCUT2D eigenvalue weighted by Gasteiger charge is -2.18. The maximum atomic E-state index is 3.81. The van der Waals surface area contributed by atoms with Crippen LogP contribution < -0.4 is 0 Å². The molecule has 2 aliphatic carbocycles. The van der Waals surface area contributed by atoms with E-state index in [0.29, 0.717) is 10.2 Å². The fourth-order valence-corrected chi connectivity index (χ4v) is 5.43. The summed E-state index contributed by atoms with van der Waals surface area (Å²) >= 11 is 11.4. The zero-order chi connectivity index (χ0) is 10.7. The average molecular weight is 395 g/mol. The van der Waals surface area contributed by atoms with Gasteiger partial charge >= 0.3 is 0 Å². The smallest absolute Gasteiger partial charge is 0.0887 e. The van der Waals surface area contributed by atoms with E-state index in [0.717, 1.165) is 5.92 Å². The highest BCUT2D eigenvalue weighted by atomic mass is 79.9. The summed E-state index contributed by atoms with van der Waals surface area (Å²) in [5.41, 5.74) is 1.77. The van der Waals surface area contributed by atoms with E-state index in [1.54, 1.807) is 0 Å². The predicted molar refractivity (Wildman–Crippen MR) is 74.1 cm³/mol. The van der Waals surface area contributed by atoms with Gasteiger partial charge in [0.05, 0.1) is 3.23 Å². The number of halogens is 3. The Bertz CT molecular complexity index is 387. The van der Waals surface area contributed by atoms with Gasteiger partial charge in [0.15, 0.2) is 0 Å². The van der Waals surface area contributed by atoms with Gasteiger partial charge in [-0.25, -0.2) is 0 Å². The van der Waals surface area contributed by atoms with Crippen molar-refractivity contribution < 1.29 is 0 Å². The molecule has 0 spiro atoms. The van der Waals surface area contributed by atoms with E-state index in [1.165, 1.54) is 18.4 Å². The van der Waals surface area contributed by atoms with E-state index in [9.17, 15) is 0 Å². The van der Waals surface area contributed by atoms with Crippen molar-refractivity contribution in [3.63, 3.8) is 0 Å². The zero-order valence-electron chi connectivity index (χ0n) is 8.09. The standard InChI is InChI=1S/C12H11Br3/c13-10-6-9(10)11(7-12(11,14)15)8-4-2-1-3-5-8/h1-5,9-10H,6-7H2. The second kappa shape index (κ2) is 3.33. The largest absolute Gasteiger partial charge is 0.0914 e. The number of benzene rings is 1. The highest BCUT2D eigenvalue weighted by Crippen LogP contribution is 2.75. The molecular formula is C12H11Br3. The Morgan fingerprint density at radius 2 is 1.67 bits per heavy atom. The van der Waals surface area contributed by atoms with Crippen LogP contribution in [0.3, 0.4) is 0 Å². The van der Waals surface area contributed by atoms with Gasteiger partial charge < -0.3 is 0 Å². The Hall–Kier alpha value is 0.660. The van der Waals surface area contributed by atoms with Gasteiger partial charge in [0.25, 0.3) is 0 Å². The van der Waals surface area contributed by atoms with Gasteiger partial charge in [-0.1, -0.05) is 78.1 Å². The van der Waals surface area contributed by atoms with Gasteiger partial charge in [-0.3, -0.25) is 0 Å². The van der Waals surface area contributed by atoms with E-state index >= 15 is 0 Å². The zero-order valence-corrected chi connectivity index (χ0v) is 12.8. The molecule has 0 saturated heterocycles. The molecule has 0 aromatic heterocycles. The number of alkyl halides is 3. The first-order chi connectivity index (χ1) is 7.08. The molecule has 1 aromatic rings. The fraction of sp³-hybridized carbons (Fsp3) is 0.500. The maximum absolute atomic E-state index is 3.81. The molecule has 80 valence electrons. The van der Waals surface area contributed by atoms with Crippen LogP contribution in [0.1, 0.15) is 18.4 Å². The van der Waals surface area contributed by atoms with Crippen molar-refractivity contribution in [3.05, 3.63) is 35.9 Å². The minimum atomic E-state index is 0.127. The summed E-state index contributed by atoms with van der Waals surface area (Å²) in [5, 5.41) is 0. The molecule has 0 nitrogen and oxygen atoms in total. The number of hydrogen-bond acceptors (Lipinski definition) is 0. The summed E-state index contributed by atoms with van der Waals surface area (Å²) < 4.78 is 0.127. The summed E-state index contributed by atoms with van der Waals surface area (Å²) in [4.78, 5) is 0.703. The van der Waals surface area contributed by atoms with E-state index in [1.807, 2.05) is 0 Å². The number of hydrogen-bond donors (Lipinski definition) is 0. The molecular weight excluding hydrogens is 384 g/mol. The Morgan fingerprint density at radius 1 is 1.13 bits per heavy atom. The third-order valence-electron chi connectivity index (χ3n) is 3.66. The highest BCUT2D eigenvalue weighted by Gasteiger charge is 2.73. The minimum absolute atomic E-state index is 0.127. The Balaban J connectivity index is 2.01. The van der Waals surface area contributed by atoms with Crippen molar-refractivity contribution in [2.24, 2.45) is 5.92 Å². The predicted octanol–water partition coefficient (Wildman–Crippen LogP) is 4.60. The molecule has 0 aliphatic heterocycles. The van der Waals surface area contributed by atoms with Crippen molar-refractivity contribution in [2.75, 3.05) is 0 Å². The molecule has 0 N–H and O–H groups in total. The quantitative estimate of drug-likeness (QED) is 0.643. The topological polar surface area (TPSA) is 0 Å². The van der Waals surface area contributed by atoms with Gasteiger partial charge in [-0.05, 0) is 24.3 Å². The van der Waals surface area contributed by atoms with Crippen molar-refractivity contribution in [3.8, 4) is 0 Å². The second-order valence-electron chi connectivity index (χ2n) is 4.58. The third kappa shape index (κ3) is 1.49. The van der Waals surface area contributed by atoms with Crippen molar-refractivity contribution in [2.45, 2.75) is 26.3 Å². The van der Waals surface area contributed by atoms with Crippen molar-refractivity contribution in [1.29, 1.82) is 0 Å². The van der Waals surface area contributed by atoms with Crippen LogP contribution in [0.2, 0.25) is 0 Å². The van der Waals surface area contributed by atoms with Crippen molar-refractivity contribution in [1.82, 2.24) is 0 Å². The molecule has 0 radical (unpaired) electrons. The monoisotopic (exact) mass is 392 g/mol. The van der Waals surface area contributed by atoms with Crippen LogP contribution in [-0.2, 0) is 5.41 Å². The molecule has 2 fully saturated rings. The summed E-state index contributed by atoms with van der Waals surface area (Å²) in [6.07, 6.45) is 2.49. The van der Waals surface area contributed by atoms with Crippen LogP contribution in [-0.4, -0.2) is 8.06 Å². The molecule has 3 heteroatoms. The molecule has 3 atom stereocenters. The lowest BCUT2D eigenvalue weighted by atomic mass is 9.91. The van der Waals surface area contributed by atoms with Crippen LogP contribution in [0.25, 0.3) is 0 Å². The van der Waals surface area contributed by atoms with Crippen molar-refractivity contribution >= 4 is 47.8 Å². The highest BCUT2D eigenvalue weighted by molar-refractivity contribution is 9.25. The van der Waals surface area contributed by atoms with Gasteiger partial charge in [-0.2, -0.15) is 0 Å². The average Bonchev–Trinajstić information content (AvgIpc) is 3.06. The molecule has 3 rings (SSSR count). The first-order valence-electron chi connectivity index (χ1n) is 5.15. The van der Waals surface area contributed by atoms with Crippen LogP contribution in [0.5, 0.6) is 0 Å². The molecule has 15 heavy (non-hydrogen) atoms. The van der Waals surface area contributed by atoms with E-state index in [-0.39, 0.29) is 3.23 Å². The second-order valence-corrected chi connectivity index (χ2v) is 9.52. The first-order valence-corrected chi connectivity index (χ1v) is 7.65. The molecule has 0 heterocycles. The fourth-order valence-electron chi connectivity index (χ4n) is 2.65. The van der Waals surface area contributed by atoms with Crippen LogP contribution in [0.15, 0.2) is 30.3 Å². The summed E-state index contributed by atoms with van der Waals surface area (Å²) in [6, 6.07) is 10.9. The lowest BCUT2D eigenvalue weighted by molar-refractivity contribution is 0.600. The van der Waals surface area contributed by atoms with Gasteiger partial charge in [0.2, 0.25) is 0 Å². The summed E-state index contributed by atoms with van der Waals surface area (Å²) in [6.45, 7) is 0. The molecule has 2 aliphatic rings. The van der Waals surface area contributed by atoms with Gasteiger partial charge in [0, 0.05) is 10.2 Å². The van der Waals surface area contributed by atoms with Gasteiger partial charge in [-0.15, -0.1) is 0 Å². The SMILES string of the molecule is BrC1CC1C1(c2ccccc2)CC1(Br)Br. The van der Waals surface area contributed by atoms with E-state index in [4.69, 9.17) is 0 Å². The van der Waals surface area contributed by atoms with E-state index in [2.05, 4.69) is 78.1 Å². The molecule has 0 bridgehead atoms. The molecule has 1 aromatic carbocycles. The third-order valence-corrected chi connectivity index (χ3v) is 6.65. The van der Waals surface area contributed by atoms with E-state index < -0.39 is 0 Å². The summed E-state index contributed by atoms with van der Waals surface area (Å²) in [7, 11) is 0. The molecule has 0 amide bonds. The normalized spacial score (nSPS) is 41.3. The Labute approximate surface area is 115 Å². The minimum Gasteiger partial charge on any atom is -0.0887 e. The van der Waals surface area contributed by atoms with Crippen LogP contribution in [0.4, 0.5) is 0 Å². The number of rotatable bonds is 2. The van der Waals surface area contributed by atoms with Crippen LogP contribution in [0, 0.1) is 5.92 Å². The Morgan fingerprint density at radius 3 is 2.07 bits per heavy atom. The Kier molecular flexibility index (Phi) is 2.40. The summed E-state index contributed by atoms with van der Waals surface area (Å²) in [5.74, 6) is 0.777.